The molecule has 1 N–H and O–H groups in total. The van der Waals surface area contributed by atoms with E-state index in [1.807, 2.05) is 0 Å². The van der Waals surface area contributed by atoms with Crippen molar-refractivity contribution < 1.29 is 9.32 Å². The number of nitrogens with zero attached hydrogens (tertiary/aromatic N) is 2. The SMILES string of the molecule is C=C(Cl)CNC(=O)CCc1nc(C)no1. The highest BCUT2D eigenvalue weighted by Gasteiger charge is 2.06. The Hall–Kier alpha value is -1.36. The first-order valence-electron chi connectivity index (χ1n) is 4.47. The largest absolute Gasteiger partial charge is 0.351 e. The van der Waals surface area contributed by atoms with Gasteiger partial charge in [0, 0.05) is 17.9 Å². The van der Waals surface area contributed by atoms with Crippen LogP contribution in [-0.2, 0) is 11.2 Å². The molecule has 0 atom stereocenters. The van der Waals surface area contributed by atoms with E-state index in [0.29, 0.717) is 29.6 Å². The Morgan fingerprint density at radius 3 is 2.93 bits per heavy atom. The van der Waals surface area contributed by atoms with Gasteiger partial charge in [-0.3, -0.25) is 4.79 Å². The van der Waals surface area contributed by atoms with Gasteiger partial charge in [-0.25, -0.2) is 0 Å². The Morgan fingerprint density at radius 2 is 2.40 bits per heavy atom. The highest BCUT2D eigenvalue weighted by Crippen LogP contribution is 2.00. The van der Waals surface area contributed by atoms with Gasteiger partial charge in [0.25, 0.3) is 0 Å². The number of carbonyl (C=O) groups is 1. The van der Waals surface area contributed by atoms with Crippen LogP contribution in [0.1, 0.15) is 18.1 Å². The average molecular weight is 230 g/mol. The molecular formula is C9H12ClN3O2. The van der Waals surface area contributed by atoms with E-state index in [4.69, 9.17) is 16.1 Å². The second kappa shape index (κ2) is 5.50. The van der Waals surface area contributed by atoms with E-state index in [1.165, 1.54) is 0 Å². The van der Waals surface area contributed by atoms with Crippen molar-refractivity contribution in [3.8, 4) is 0 Å². The number of aromatic nitrogens is 2. The van der Waals surface area contributed by atoms with Crippen LogP contribution < -0.4 is 5.32 Å². The van der Waals surface area contributed by atoms with Crippen molar-refractivity contribution in [2.75, 3.05) is 6.54 Å². The molecule has 1 rings (SSSR count). The predicted molar refractivity (Wildman–Crippen MR) is 55.4 cm³/mol. The molecule has 1 aromatic rings. The molecule has 0 radical (unpaired) electrons. The number of hydrogen-bond donors (Lipinski definition) is 1. The van der Waals surface area contributed by atoms with Gasteiger partial charge < -0.3 is 9.84 Å². The van der Waals surface area contributed by atoms with Crippen LogP contribution in [0.5, 0.6) is 0 Å². The first kappa shape index (κ1) is 11.7. The van der Waals surface area contributed by atoms with Crippen molar-refractivity contribution in [3.05, 3.63) is 23.3 Å². The van der Waals surface area contributed by atoms with Crippen LogP contribution in [0.2, 0.25) is 0 Å². The molecule has 0 fully saturated rings. The third-order valence-electron chi connectivity index (χ3n) is 1.61. The number of halogens is 1. The molecule has 0 bridgehead atoms. The monoisotopic (exact) mass is 229 g/mol. The Balaban J connectivity index is 2.25. The Kier molecular flexibility index (Phi) is 4.30. The van der Waals surface area contributed by atoms with E-state index in [-0.39, 0.29) is 12.5 Å². The number of hydrogen-bond acceptors (Lipinski definition) is 4. The van der Waals surface area contributed by atoms with Crippen LogP contribution in [0.3, 0.4) is 0 Å². The van der Waals surface area contributed by atoms with Gasteiger partial charge in [-0.2, -0.15) is 4.98 Å². The topological polar surface area (TPSA) is 68.0 Å². The summed E-state index contributed by atoms with van der Waals surface area (Å²) in [5, 5.41) is 6.61. The maximum atomic E-state index is 11.2. The summed E-state index contributed by atoms with van der Waals surface area (Å²) < 4.78 is 4.86. The maximum absolute atomic E-state index is 11.2. The zero-order valence-electron chi connectivity index (χ0n) is 8.42. The van der Waals surface area contributed by atoms with Gasteiger partial charge in [-0.15, -0.1) is 0 Å². The smallest absolute Gasteiger partial charge is 0.227 e. The molecule has 0 spiro atoms. The summed E-state index contributed by atoms with van der Waals surface area (Å²) in [6.45, 7) is 5.47. The lowest BCUT2D eigenvalue weighted by Gasteiger charge is -2.01. The summed E-state index contributed by atoms with van der Waals surface area (Å²) in [5.41, 5.74) is 0. The number of carbonyl (C=O) groups excluding carboxylic acids is 1. The van der Waals surface area contributed by atoms with E-state index in [1.54, 1.807) is 6.92 Å². The minimum absolute atomic E-state index is 0.118. The molecule has 0 saturated heterocycles. The van der Waals surface area contributed by atoms with Gasteiger partial charge in [0.1, 0.15) is 0 Å². The lowest BCUT2D eigenvalue weighted by atomic mass is 10.3. The molecule has 0 aliphatic rings. The van der Waals surface area contributed by atoms with Crippen molar-refractivity contribution in [1.82, 2.24) is 15.5 Å². The Bertz CT molecular complexity index is 362. The van der Waals surface area contributed by atoms with Crippen molar-refractivity contribution >= 4 is 17.5 Å². The molecular weight excluding hydrogens is 218 g/mol. The van der Waals surface area contributed by atoms with Crippen LogP contribution >= 0.6 is 11.6 Å². The Labute approximate surface area is 92.5 Å². The lowest BCUT2D eigenvalue weighted by molar-refractivity contribution is -0.120. The molecule has 1 heterocycles. The van der Waals surface area contributed by atoms with Crippen molar-refractivity contribution in [2.45, 2.75) is 19.8 Å². The third kappa shape index (κ3) is 4.60. The van der Waals surface area contributed by atoms with Gasteiger partial charge in [0.2, 0.25) is 11.8 Å². The molecule has 82 valence electrons. The minimum Gasteiger partial charge on any atom is -0.351 e. The average Bonchev–Trinajstić information content (AvgIpc) is 2.58. The van der Waals surface area contributed by atoms with Crippen molar-refractivity contribution in [1.29, 1.82) is 0 Å². The lowest BCUT2D eigenvalue weighted by Crippen LogP contribution is -2.24. The van der Waals surface area contributed by atoms with Crippen molar-refractivity contribution in [2.24, 2.45) is 0 Å². The van der Waals surface area contributed by atoms with Crippen LogP contribution in [0.4, 0.5) is 0 Å². The van der Waals surface area contributed by atoms with Gasteiger partial charge in [0.15, 0.2) is 5.82 Å². The van der Waals surface area contributed by atoms with Gasteiger partial charge >= 0.3 is 0 Å². The van der Waals surface area contributed by atoms with Crippen LogP contribution in [0, 0.1) is 6.92 Å². The standard InChI is InChI=1S/C9H12ClN3O2/c1-6(10)5-11-8(14)3-4-9-12-7(2)13-15-9/h1,3-5H2,2H3,(H,11,14). The molecule has 15 heavy (non-hydrogen) atoms. The van der Waals surface area contributed by atoms with E-state index in [2.05, 4.69) is 22.0 Å². The van der Waals surface area contributed by atoms with E-state index < -0.39 is 0 Å². The first-order valence-corrected chi connectivity index (χ1v) is 4.85. The maximum Gasteiger partial charge on any atom is 0.227 e. The minimum atomic E-state index is -0.118. The third-order valence-corrected chi connectivity index (χ3v) is 1.75. The van der Waals surface area contributed by atoms with Crippen LogP contribution in [0.15, 0.2) is 16.1 Å². The highest BCUT2D eigenvalue weighted by molar-refractivity contribution is 6.29. The highest BCUT2D eigenvalue weighted by atomic mass is 35.5. The summed E-state index contributed by atoms with van der Waals surface area (Å²) in [5.74, 6) is 0.916. The normalized spacial score (nSPS) is 10.0. The van der Waals surface area contributed by atoms with E-state index in [0.717, 1.165) is 0 Å². The second-order valence-corrected chi connectivity index (χ2v) is 3.56. The fourth-order valence-electron chi connectivity index (χ4n) is 0.945. The second-order valence-electron chi connectivity index (χ2n) is 3.03. The number of rotatable bonds is 5. The summed E-state index contributed by atoms with van der Waals surface area (Å²) in [7, 11) is 0. The molecule has 0 saturated carbocycles. The molecule has 0 aliphatic heterocycles. The first-order chi connectivity index (χ1) is 7.08. The number of amides is 1. The molecule has 6 heteroatoms. The van der Waals surface area contributed by atoms with E-state index >= 15 is 0 Å². The summed E-state index contributed by atoms with van der Waals surface area (Å²) in [6, 6.07) is 0. The zero-order valence-corrected chi connectivity index (χ0v) is 9.17. The zero-order chi connectivity index (χ0) is 11.3. The molecule has 0 unspecified atom stereocenters. The van der Waals surface area contributed by atoms with E-state index in [9.17, 15) is 4.79 Å². The number of nitrogens with one attached hydrogen (secondary N) is 1. The molecule has 5 nitrogen and oxygen atoms in total. The molecule has 1 aromatic heterocycles. The predicted octanol–water partition coefficient (Wildman–Crippen LogP) is 1.18. The molecule has 1 amide bonds. The molecule has 0 aliphatic carbocycles. The van der Waals surface area contributed by atoms with Gasteiger partial charge in [-0.05, 0) is 6.92 Å². The van der Waals surface area contributed by atoms with Gasteiger partial charge in [-0.1, -0.05) is 23.3 Å². The summed E-state index contributed by atoms with van der Waals surface area (Å²) in [6.07, 6.45) is 0.729. The van der Waals surface area contributed by atoms with Crippen LogP contribution in [-0.4, -0.2) is 22.6 Å². The van der Waals surface area contributed by atoms with Gasteiger partial charge in [0.05, 0.1) is 6.54 Å². The van der Waals surface area contributed by atoms with Crippen molar-refractivity contribution in [3.63, 3.8) is 0 Å². The number of aryl methyl sites for hydroxylation is 2. The quantitative estimate of drug-likeness (QED) is 0.823. The fraction of sp³-hybridized carbons (Fsp3) is 0.444. The fourth-order valence-corrected chi connectivity index (χ4v) is 1.01. The molecule has 0 aromatic carbocycles. The summed E-state index contributed by atoms with van der Waals surface area (Å²) >= 11 is 5.49. The Morgan fingerprint density at radius 1 is 1.67 bits per heavy atom. The van der Waals surface area contributed by atoms with Crippen LogP contribution in [0.25, 0.3) is 0 Å². The summed E-state index contributed by atoms with van der Waals surface area (Å²) in [4.78, 5) is 15.2.